The Morgan fingerprint density at radius 2 is 2.22 bits per heavy atom. The van der Waals surface area contributed by atoms with Crippen LogP contribution in [0.25, 0.3) is 0 Å². The van der Waals surface area contributed by atoms with Gasteiger partial charge in [-0.15, -0.1) is 23.2 Å². The Kier molecular flexibility index (Phi) is 2.25. The first-order chi connectivity index (χ1) is 4.13. The number of nitrogens with one attached hydrogen (secondary N) is 1. The van der Waals surface area contributed by atoms with E-state index in [0.29, 0.717) is 5.92 Å². The Hall–Kier alpha value is 0.540. The standard InChI is InChI=1S/C6H11Cl2N/c1-5-4-9-3-2-6(5,7)8/h5,9H,2-4H2,1H3. The van der Waals surface area contributed by atoms with Crippen LogP contribution in [-0.4, -0.2) is 17.4 Å². The molecule has 0 aromatic carbocycles. The smallest absolute Gasteiger partial charge is 0.123 e. The third-order valence-electron chi connectivity index (χ3n) is 1.81. The second-order valence-corrected chi connectivity index (χ2v) is 4.16. The molecule has 1 saturated heterocycles. The minimum atomic E-state index is -0.481. The zero-order chi connectivity index (χ0) is 6.91. The molecule has 0 radical (unpaired) electrons. The van der Waals surface area contributed by atoms with Crippen molar-refractivity contribution < 1.29 is 0 Å². The van der Waals surface area contributed by atoms with Gasteiger partial charge in [0.1, 0.15) is 4.33 Å². The molecule has 1 N–H and O–H groups in total. The van der Waals surface area contributed by atoms with Gasteiger partial charge in [0.05, 0.1) is 0 Å². The van der Waals surface area contributed by atoms with Crippen LogP contribution in [0, 0.1) is 5.92 Å². The van der Waals surface area contributed by atoms with Crippen LogP contribution in [0.2, 0.25) is 0 Å². The number of alkyl halides is 2. The summed E-state index contributed by atoms with van der Waals surface area (Å²) in [5.74, 6) is 0.370. The second kappa shape index (κ2) is 2.65. The molecule has 0 saturated carbocycles. The van der Waals surface area contributed by atoms with E-state index in [-0.39, 0.29) is 0 Å². The summed E-state index contributed by atoms with van der Waals surface area (Å²) in [4.78, 5) is 0. The van der Waals surface area contributed by atoms with Crippen LogP contribution in [0.4, 0.5) is 0 Å². The van der Waals surface area contributed by atoms with Crippen molar-refractivity contribution in [1.82, 2.24) is 5.32 Å². The summed E-state index contributed by atoms with van der Waals surface area (Å²) < 4.78 is -0.481. The first-order valence-corrected chi connectivity index (χ1v) is 3.97. The van der Waals surface area contributed by atoms with Crippen LogP contribution >= 0.6 is 23.2 Å². The lowest BCUT2D eigenvalue weighted by Gasteiger charge is -2.31. The molecular weight excluding hydrogens is 157 g/mol. The lowest BCUT2D eigenvalue weighted by atomic mass is 10.0. The molecule has 1 fully saturated rings. The summed E-state index contributed by atoms with van der Waals surface area (Å²) in [5.41, 5.74) is 0. The third-order valence-corrected chi connectivity index (χ3v) is 2.93. The number of halogens is 2. The normalized spacial score (nSPS) is 34.3. The van der Waals surface area contributed by atoms with Gasteiger partial charge in [0.2, 0.25) is 0 Å². The minimum Gasteiger partial charge on any atom is -0.316 e. The van der Waals surface area contributed by atoms with E-state index >= 15 is 0 Å². The summed E-state index contributed by atoms with van der Waals surface area (Å²) in [6, 6.07) is 0. The molecule has 0 amide bonds. The van der Waals surface area contributed by atoms with E-state index in [9.17, 15) is 0 Å². The average molecular weight is 168 g/mol. The van der Waals surface area contributed by atoms with Crippen LogP contribution in [0.3, 0.4) is 0 Å². The van der Waals surface area contributed by atoms with Crippen molar-refractivity contribution in [2.75, 3.05) is 13.1 Å². The van der Waals surface area contributed by atoms with E-state index in [1.165, 1.54) is 0 Å². The quantitative estimate of drug-likeness (QED) is 0.543. The Balaban J connectivity index is 2.49. The molecule has 1 rings (SSSR count). The third kappa shape index (κ3) is 1.73. The highest BCUT2D eigenvalue weighted by Crippen LogP contribution is 2.35. The molecule has 1 heterocycles. The van der Waals surface area contributed by atoms with Crippen molar-refractivity contribution >= 4 is 23.2 Å². The summed E-state index contributed by atoms with van der Waals surface area (Å²) in [5, 5.41) is 3.22. The van der Waals surface area contributed by atoms with Gasteiger partial charge < -0.3 is 5.32 Å². The molecule has 1 aliphatic heterocycles. The first-order valence-electron chi connectivity index (χ1n) is 3.21. The van der Waals surface area contributed by atoms with E-state index in [1.54, 1.807) is 0 Å². The molecule has 1 nitrogen and oxygen atoms in total. The fourth-order valence-corrected chi connectivity index (χ4v) is 1.31. The van der Waals surface area contributed by atoms with Crippen molar-refractivity contribution in [1.29, 1.82) is 0 Å². The van der Waals surface area contributed by atoms with E-state index in [4.69, 9.17) is 23.2 Å². The van der Waals surface area contributed by atoms with E-state index < -0.39 is 4.33 Å². The molecule has 0 bridgehead atoms. The second-order valence-electron chi connectivity index (χ2n) is 2.62. The van der Waals surface area contributed by atoms with Crippen molar-refractivity contribution in [3.63, 3.8) is 0 Å². The lowest BCUT2D eigenvalue weighted by molar-refractivity contribution is 0.381. The molecule has 1 unspecified atom stereocenters. The Labute approximate surface area is 65.7 Å². The monoisotopic (exact) mass is 167 g/mol. The first kappa shape index (κ1) is 7.64. The predicted octanol–water partition coefficient (Wildman–Crippen LogP) is 1.79. The molecule has 0 aromatic heterocycles. The van der Waals surface area contributed by atoms with Gasteiger partial charge in [0.25, 0.3) is 0 Å². The highest BCUT2D eigenvalue weighted by Gasteiger charge is 2.33. The molecule has 1 atom stereocenters. The Bertz CT molecular complexity index is 103. The van der Waals surface area contributed by atoms with Crippen molar-refractivity contribution in [2.24, 2.45) is 5.92 Å². The fourth-order valence-electron chi connectivity index (χ4n) is 0.969. The number of rotatable bonds is 0. The number of piperidine rings is 1. The van der Waals surface area contributed by atoms with Gasteiger partial charge in [0, 0.05) is 12.5 Å². The fraction of sp³-hybridized carbons (Fsp3) is 1.00. The molecule has 9 heavy (non-hydrogen) atoms. The largest absolute Gasteiger partial charge is 0.316 e. The van der Waals surface area contributed by atoms with Crippen LogP contribution in [0.15, 0.2) is 0 Å². The van der Waals surface area contributed by atoms with Gasteiger partial charge >= 0.3 is 0 Å². The maximum atomic E-state index is 5.95. The minimum absolute atomic E-state index is 0.370. The highest BCUT2D eigenvalue weighted by molar-refractivity contribution is 6.48. The molecule has 0 aromatic rings. The lowest BCUT2D eigenvalue weighted by Crippen LogP contribution is -2.41. The average Bonchev–Trinajstić information content (AvgIpc) is 1.77. The van der Waals surface area contributed by atoms with E-state index in [2.05, 4.69) is 12.2 Å². The number of hydrogen-bond donors (Lipinski definition) is 1. The molecule has 1 aliphatic rings. The van der Waals surface area contributed by atoms with Crippen molar-refractivity contribution in [2.45, 2.75) is 17.7 Å². The molecule has 3 heteroatoms. The van der Waals surface area contributed by atoms with Gasteiger partial charge in [-0.1, -0.05) is 6.92 Å². The SMILES string of the molecule is CC1CNCCC1(Cl)Cl. The van der Waals surface area contributed by atoms with E-state index in [1.807, 2.05) is 0 Å². The summed E-state index contributed by atoms with van der Waals surface area (Å²) >= 11 is 11.9. The van der Waals surface area contributed by atoms with E-state index in [0.717, 1.165) is 19.5 Å². The van der Waals surface area contributed by atoms with Gasteiger partial charge in [-0.25, -0.2) is 0 Å². The molecular formula is C6H11Cl2N. The predicted molar refractivity (Wildman–Crippen MR) is 41.1 cm³/mol. The zero-order valence-corrected chi connectivity index (χ0v) is 6.97. The summed E-state index contributed by atoms with van der Waals surface area (Å²) in [7, 11) is 0. The van der Waals surface area contributed by atoms with Crippen molar-refractivity contribution in [3.05, 3.63) is 0 Å². The Morgan fingerprint density at radius 3 is 2.56 bits per heavy atom. The van der Waals surface area contributed by atoms with Crippen LogP contribution in [0.1, 0.15) is 13.3 Å². The van der Waals surface area contributed by atoms with Gasteiger partial charge in [0.15, 0.2) is 0 Å². The van der Waals surface area contributed by atoms with Crippen LogP contribution in [-0.2, 0) is 0 Å². The number of hydrogen-bond acceptors (Lipinski definition) is 1. The maximum Gasteiger partial charge on any atom is 0.123 e. The zero-order valence-electron chi connectivity index (χ0n) is 5.45. The topological polar surface area (TPSA) is 12.0 Å². The molecule has 0 aliphatic carbocycles. The highest BCUT2D eigenvalue weighted by atomic mass is 35.5. The molecule has 54 valence electrons. The van der Waals surface area contributed by atoms with Crippen LogP contribution in [0.5, 0.6) is 0 Å². The van der Waals surface area contributed by atoms with Crippen LogP contribution < -0.4 is 5.32 Å². The maximum absolute atomic E-state index is 5.95. The van der Waals surface area contributed by atoms with Gasteiger partial charge in [-0.2, -0.15) is 0 Å². The summed E-state index contributed by atoms with van der Waals surface area (Å²) in [6.45, 7) is 3.94. The van der Waals surface area contributed by atoms with Crippen molar-refractivity contribution in [3.8, 4) is 0 Å². The van der Waals surface area contributed by atoms with Gasteiger partial charge in [-0.3, -0.25) is 0 Å². The molecule has 0 spiro atoms. The van der Waals surface area contributed by atoms with Gasteiger partial charge in [-0.05, 0) is 13.0 Å². The summed E-state index contributed by atoms with van der Waals surface area (Å²) in [6.07, 6.45) is 0.858. The Morgan fingerprint density at radius 1 is 1.56 bits per heavy atom.